The molecule has 232 valence electrons. The Kier molecular flexibility index (Phi) is 11.2. The molecule has 44 heavy (non-hydrogen) atoms. The van der Waals surface area contributed by atoms with E-state index in [2.05, 4.69) is 15.3 Å². The topological polar surface area (TPSA) is 116 Å². The maximum Gasteiger partial charge on any atom is 0.239 e. The van der Waals surface area contributed by atoms with E-state index in [1.165, 1.54) is 35.1 Å². The van der Waals surface area contributed by atoms with Crippen molar-refractivity contribution in [1.82, 2.24) is 15.3 Å². The number of nitrogens with zero attached hydrogens (tertiary/aromatic N) is 1. The molecule has 8 nitrogen and oxygen atoms in total. The van der Waals surface area contributed by atoms with Gasteiger partial charge in [0.25, 0.3) is 0 Å². The van der Waals surface area contributed by atoms with Crippen molar-refractivity contribution < 1.29 is 18.7 Å². The molecule has 1 saturated heterocycles. The van der Waals surface area contributed by atoms with Gasteiger partial charge in [0, 0.05) is 69.1 Å². The second-order valence-corrected chi connectivity index (χ2v) is 11.1. The average Bonchev–Trinajstić information content (AvgIpc) is 3.70. The van der Waals surface area contributed by atoms with Crippen molar-refractivity contribution >= 4 is 74.9 Å². The zero-order valence-electron chi connectivity index (χ0n) is 24.0. The number of carbonyl (C=O) groups excluding carboxylic acids is 2. The van der Waals surface area contributed by atoms with Crippen molar-refractivity contribution in [3.8, 4) is 5.75 Å². The minimum absolute atomic E-state index is 0. The maximum atomic E-state index is 14.0. The van der Waals surface area contributed by atoms with Crippen molar-refractivity contribution in [2.75, 3.05) is 31.6 Å². The summed E-state index contributed by atoms with van der Waals surface area (Å²) in [5, 5.41) is 6.46. The van der Waals surface area contributed by atoms with Crippen molar-refractivity contribution in [2.45, 2.75) is 19.3 Å². The third-order valence-corrected chi connectivity index (χ3v) is 8.01. The monoisotopic (exact) mass is 659 g/mol. The first-order chi connectivity index (χ1) is 20.8. The van der Waals surface area contributed by atoms with Crippen LogP contribution in [0.1, 0.15) is 17.5 Å². The van der Waals surface area contributed by atoms with Crippen LogP contribution in [0.2, 0.25) is 10.0 Å². The van der Waals surface area contributed by atoms with E-state index in [4.69, 9.17) is 33.7 Å². The Bertz CT molecular complexity index is 1770. The summed E-state index contributed by atoms with van der Waals surface area (Å²) in [6, 6.07) is 15.8. The first-order valence-electron chi connectivity index (χ1n) is 13.9. The maximum absolute atomic E-state index is 14.0. The summed E-state index contributed by atoms with van der Waals surface area (Å²) >= 11 is 12.0. The van der Waals surface area contributed by atoms with Gasteiger partial charge >= 0.3 is 0 Å². The minimum Gasteiger partial charge on any atom is -0.494 e. The highest BCUT2D eigenvalue weighted by molar-refractivity contribution is 6.31. The number of benzene rings is 3. The number of fused-ring (bicyclic) bond motifs is 2. The van der Waals surface area contributed by atoms with E-state index in [0.29, 0.717) is 43.2 Å². The van der Waals surface area contributed by atoms with Crippen LogP contribution in [0, 0.1) is 11.7 Å². The Morgan fingerprint density at radius 2 is 1.61 bits per heavy atom. The number of nitrogens with two attached hydrogens (primary N) is 1. The Morgan fingerprint density at radius 1 is 1.00 bits per heavy atom. The third kappa shape index (κ3) is 7.30. The number of ether oxygens (including phenoxy) is 1. The van der Waals surface area contributed by atoms with Crippen LogP contribution in [-0.2, 0) is 22.4 Å². The number of nitrogens with one attached hydrogen (secondary N) is 3. The molecule has 0 saturated carbocycles. The van der Waals surface area contributed by atoms with Crippen LogP contribution in [0.4, 0.5) is 10.1 Å². The van der Waals surface area contributed by atoms with Gasteiger partial charge in [0.05, 0.1) is 7.11 Å². The van der Waals surface area contributed by atoms with Crippen LogP contribution in [0.15, 0.2) is 67.0 Å². The molecule has 5 aromatic rings. The molecule has 1 fully saturated rings. The van der Waals surface area contributed by atoms with E-state index < -0.39 is 11.7 Å². The van der Waals surface area contributed by atoms with E-state index in [1.54, 1.807) is 6.07 Å². The normalized spacial score (nSPS) is 14.3. The number of hydrogen-bond acceptors (Lipinski definition) is 4. The van der Waals surface area contributed by atoms with E-state index >= 15 is 0 Å². The van der Waals surface area contributed by atoms with Crippen molar-refractivity contribution in [3.63, 3.8) is 0 Å². The number of hydrogen-bond donors (Lipinski definition) is 4. The molecule has 0 spiro atoms. The molecule has 2 amide bonds. The molecular weight excluding hydrogens is 628 g/mol. The largest absolute Gasteiger partial charge is 0.494 e. The van der Waals surface area contributed by atoms with Crippen LogP contribution in [0.3, 0.4) is 0 Å². The highest BCUT2D eigenvalue weighted by atomic mass is 35.5. The van der Waals surface area contributed by atoms with Gasteiger partial charge in [-0.2, -0.15) is 0 Å². The number of H-pyrrole nitrogens is 2. The van der Waals surface area contributed by atoms with Crippen LogP contribution in [0.5, 0.6) is 5.75 Å². The number of aromatic amines is 2. The molecule has 3 aromatic carbocycles. The molecule has 0 bridgehead atoms. The standard InChI is InChI=1S/C22H21ClFN3O3.C10H11ClN2.ClH/c1-30-20-5-3-15(11-18(20)24)27-9-7-16(22(27)29)21(28)25-8-6-13-12-26-19-4-2-14(23)10-17(13)19;11-8-1-2-10-9(5-8)7(3-4-12)6-13-10;/h2-5,10-12,16,26H,6-9H2,1H3,(H,25,28);1-2,5-6,13H,3-4,12H2;1H. The van der Waals surface area contributed by atoms with Crippen molar-refractivity contribution in [1.29, 1.82) is 0 Å². The molecule has 1 aliphatic heterocycles. The summed E-state index contributed by atoms with van der Waals surface area (Å²) in [5.41, 5.74) is 10.3. The van der Waals surface area contributed by atoms with Gasteiger partial charge in [0.1, 0.15) is 5.92 Å². The van der Waals surface area contributed by atoms with E-state index in [1.807, 2.05) is 48.8 Å². The van der Waals surface area contributed by atoms with Gasteiger partial charge in [0.2, 0.25) is 11.8 Å². The summed E-state index contributed by atoms with van der Waals surface area (Å²) in [7, 11) is 1.38. The predicted molar refractivity (Wildman–Crippen MR) is 177 cm³/mol. The summed E-state index contributed by atoms with van der Waals surface area (Å²) in [4.78, 5) is 33.1. The quantitative estimate of drug-likeness (QED) is 0.144. The van der Waals surface area contributed by atoms with E-state index in [-0.39, 0.29) is 30.0 Å². The first-order valence-corrected chi connectivity index (χ1v) is 14.7. The lowest BCUT2D eigenvalue weighted by molar-refractivity contribution is -0.132. The molecule has 6 rings (SSSR count). The lowest BCUT2D eigenvalue weighted by Gasteiger charge is -2.17. The number of methoxy groups -OCH3 is 1. The molecule has 3 heterocycles. The zero-order valence-corrected chi connectivity index (χ0v) is 26.3. The Morgan fingerprint density at radius 3 is 2.18 bits per heavy atom. The molecule has 2 aromatic heterocycles. The van der Waals surface area contributed by atoms with Gasteiger partial charge in [-0.25, -0.2) is 4.39 Å². The highest BCUT2D eigenvalue weighted by Gasteiger charge is 2.37. The molecule has 5 N–H and O–H groups in total. The van der Waals surface area contributed by atoms with Gasteiger partial charge in [-0.05, 0) is 85.5 Å². The zero-order chi connectivity index (χ0) is 30.5. The number of aromatic nitrogens is 2. The first kappa shape index (κ1) is 33.1. The number of amides is 2. The van der Waals surface area contributed by atoms with E-state index in [0.717, 1.165) is 33.4 Å². The molecule has 12 heteroatoms. The Labute approximate surface area is 270 Å². The van der Waals surface area contributed by atoms with Crippen LogP contribution < -0.4 is 20.7 Å². The van der Waals surface area contributed by atoms with Gasteiger partial charge in [-0.3, -0.25) is 9.59 Å². The minimum atomic E-state index is -0.771. The molecule has 1 atom stereocenters. The Balaban J connectivity index is 0.000000264. The van der Waals surface area contributed by atoms with Crippen LogP contribution in [-0.4, -0.2) is 48.5 Å². The molecule has 1 aliphatic rings. The van der Waals surface area contributed by atoms with Gasteiger partial charge < -0.3 is 30.7 Å². The summed E-state index contributed by atoms with van der Waals surface area (Å²) in [5.74, 6) is -1.84. The fourth-order valence-electron chi connectivity index (χ4n) is 5.32. The lowest BCUT2D eigenvalue weighted by atomic mass is 10.1. The second-order valence-electron chi connectivity index (χ2n) is 10.2. The fraction of sp³-hybridized carbons (Fsp3) is 0.250. The van der Waals surface area contributed by atoms with Gasteiger partial charge in [0.15, 0.2) is 11.6 Å². The Hall–Kier alpha value is -3.76. The third-order valence-electron chi connectivity index (χ3n) is 7.54. The molecule has 1 unspecified atom stereocenters. The molecule has 0 radical (unpaired) electrons. The van der Waals surface area contributed by atoms with E-state index in [9.17, 15) is 14.0 Å². The van der Waals surface area contributed by atoms with Crippen molar-refractivity contribution in [3.05, 3.63) is 94.0 Å². The number of anilines is 1. The number of halogens is 4. The summed E-state index contributed by atoms with van der Waals surface area (Å²) in [6.45, 7) is 1.43. The van der Waals surface area contributed by atoms with Gasteiger partial charge in [-0.1, -0.05) is 23.2 Å². The number of carbonyl (C=O) groups is 2. The van der Waals surface area contributed by atoms with Crippen LogP contribution in [0.25, 0.3) is 21.8 Å². The highest BCUT2D eigenvalue weighted by Crippen LogP contribution is 2.29. The fourth-order valence-corrected chi connectivity index (χ4v) is 5.66. The molecule has 0 aliphatic carbocycles. The SMILES string of the molecule is COc1ccc(N2CCC(C(=O)NCCc3c[nH]c4ccc(Cl)cc34)C2=O)cc1F.Cl.NCCc1c[nH]c2ccc(Cl)cc12. The second kappa shape index (κ2) is 14.8. The lowest BCUT2D eigenvalue weighted by Crippen LogP contribution is -2.37. The molecular formula is C32H33Cl3FN5O3. The summed E-state index contributed by atoms with van der Waals surface area (Å²) in [6.07, 6.45) is 5.78. The summed E-state index contributed by atoms with van der Waals surface area (Å²) < 4.78 is 18.9. The van der Waals surface area contributed by atoms with Crippen molar-refractivity contribution in [2.24, 2.45) is 11.7 Å². The number of rotatable bonds is 8. The smallest absolute Gasteiger partial charge is 0.239 e. The predicted octanol–water partition coefficient (Wildman–Crippen LogP) is 6.43. The van der Waals surface area contributed by atoms with Crippen LogP contribution >= 0.6 is 35.6 Å². The average molecular weight is 661 g/mol. The van der Waals surface area contributed by atoms with Gasteiger partial charge in [-0.15, -0.1) is 12.4 Å².